The van der Waals surface area contributed by atoms with Crippen LogP contribution >= 0.6 is 0 Å². The molecule has 3 aromatic rings. The topological polar surface area (TPSA) is 76.1 Å². The van der Waals surface area contributed by atoms with Gasteiger partial charge in [-0.25, -0.2) is 13.4 Å². The molecule has 1 amide bonds. The molecule has 1 unspecified atom stereocenters. The maximum atomic E-state index is 13.2. The molecule has 1 aromatic heterocycles. The van der Waals surface area contributed by atoms with Crippen LogP contribution in [0.3, 0.4) is 0 Å². The predicted molar refractivity (Wildman–Crippen MR) is 116 cm³/mol. The van der Waals surface area contributed by atoms with Gasteiger partial charge in [-0.05, 0) is 44.9 Å². The molecule has 5 nitrogen and oxygen atoms in total. The number of fused-ring (bicyclic) bond motifs is 1. The second-order valence-electron chi connectivity index (χ2n) is 8.25. The molecule has 1 aliphatic heterocycles. The Kier molecular flexibility index (Phi) is 4.69. The molecule has 1 saturated heterocycles. The first-order chi connectivity index (χ1) is 13.7. The Hall–Kier alpha value is -2.73. The molecule has 0 saturated carbocycles. The van der Waals surface area contributed by atoms with E-state index in [4.69, 9.17) is 4.98 Å². The Bertz CT molecular complexity index is 1230. The maximum Gasteiger partial charge on any atom is 0.252 e. The Morgan fingerprint density at radius 3 is 2.55 bits per heavy atom. The Morgan fingerprint density at radius 1 is 1.10 bits per heavy atom. The van der Waals surface area contributed by atoms with E-state index in [2.05, 4.69) is 11.4 Å². The van der Waals surface area contributed by atoms with Gasteiger partial charge in [0.25, 0.3) is 5.91 Å². The minimum atomic E-state index is -3.11. The highest BCUT2D eigenvalue weighted by atomic mass is 32.2. The van der Waals surface area contributed by atoms with Crippen LogP contribution in [0.2, 0.25) is 0 Å². The summed E-state index contributed by atoms with van der Waals surface area (Å²) in [6.45, 7) is 5.87. The average molecular weight is 409 g/mol. The maximum absolute atomic E-state index is 13.2. The molecule has 29 heavy (non-hydrogen) atoms. The highest BCUT2D eigenvalue weighted by Crippen LogP contribution is 2.29. The van der Waals surface area contributed by atoms with Gasteiger partial charge in [0.1, 0.15) is 0 Å². The summed E-state index contributed by atoms with van der Waals surface area (Å²) in [4.78, 5) is 18.0. The molecule has 1 atom stereocenters. The van der Waals surface area contributed by atoms with E-state index in [1.54, 1.807) is 6.92 Å². The summed E-state index contributed by atoms with van der Waals surface area (Å²) >= 11 is 0. The van der Waals surface area contributed by atoms with Gasteiger partial charge in [0.05, 0.1) is 33.8 Å². The molecule has 1 aliphatic rings. The van der Waals surface area contributed by atoms with E-state index in [1.807, 2.05) is 56.3 Å². The Balaban J connectivity index is 1.80. The lowest BCUT2D eigenvalue weighted by Gasteiger charge is -2.24. The summed E-state index contributed by atoms with van der Waals surface area (Å²) in [6.07, 6.45) is 0.425. The highest BCUT2D eigenvalue weighted by Gasteiger charge is 2.39. The second kappa shape index (κ2) is 6.95. The molecule has 1 fully saturated rings. The van der Waals surface area contributed by atoms with E-state index in [9.17, 15) is 13.2 Å². The van der Waals surface area contributed by atoms with Crippen LogP contribution in [0, 0.1) is 13.8 Å². The summed E-state index contributed by atoms with van der Waals surface area (Å²) in [7, 11) is -3.11. The van der Waals surface area contributed by atoms with Crippen molar-refractivity contribution in [2.24, 2.45) is 0 Å². The fraction of sp³-hybridized carbons (Fsp3) is 0.304. The number of hydrogen-bond acceptors (Lipinski definition) is 4. The number of benzene rings is 2. The van der Waals surface area contributed by atoms with Crippen LogP contribution in [0.5, 0.6) is 0 Å². The minimum Gasteiger partial charge on any atom is -0.346 e. The lowest BCUT2D eigenvalue weighted by Crippen LogP contribution is -2.47. The number of nitrogens with one attached hydrogen (secondary N) is 1. The van der Waals surface area contributed by atoms with Crippen molar-refractivity contribution in [3.05, 3.63) is 65.2 Å². The van der Waals surface area contributed by atoms with E-state index in [-0.39, 0.29) is 17.4 Å². The van der Waals surface area contributed by atoms with Crippen LogP contribution in [0.1, 0.15) is 34.8 Å². The van der Waals surface area contributed by atoms with Gasteiger partial charge in [0.2, 0.25) is 0 Å². The highest BCUT2D eigenvalue weighted by molar-refractivity contribution is 7.91. The van der Waals surface area contributed by atoms with Crippen molar-refractivity contribution in [1.29, 1.82) is 0 Å². The molecular weight excluding hydrogens is 384 g/mol. The molecule has 0 radical (unpaired) electrons. The van der Waals surface area contributed by atoms with E-state index >= 15 is 0 Å². The van der Waals surface area contributed by atoms with E-state index in [1.165, 1.54) is 5.56 Å². The number of hydrogen-bond donors (Lipinski definition) is 1. The molecule has 1 N–H and O–H groups in total. The third kappa shape index (κ3) is 3.90. The number of carbonyl (C=O) groups is 1. The molecule has 4 rings (SSSR count). The van der Waals surface area contributed by atoms with Crippen LogP contribution in [0.15, 0.2) is 48.5 Å². The fourth-order valence-electron chi connectivity index (χ4n) is 4.05. The fourth-order valence-corrected chi connectivity index (χ4v) is 6.15. The van der Waals surface area contributed by atoms with Gasteiger partial charge in [-0.1, -0.05) is 42.0 Å². The molecule has 0 aliphatic carbocycles. The van der Waals surface area contributed by atoms with E-state index in [0.717, 1.165) is 27.7 Å². The zero-order chi connectivity index (χ0) is 20.8. The van der Waals surface area contributed by atoms with Crippen LogP contribution in [-0.2, 0) is 9.84 Å². The smallest absolute Gasteiger partial charge is 0.252 e. The van der Waals surface area contributed by atoms with E-state index in [0.29, 0.717) is 12.0 Å². The molecular formula is C23H24N2O3S. The van der Waals surface area contributed by atoms with Gasteiger partial charge in [0.15, 0.2) is 9.84 Å². The summed E-state index contributed by atoms with van der Waals surface area (Å²) in [5.41, 5.74) is 4.46. The first kappa shape index (κ1) is 19.6. The van der Waals surface area contributed by atoms with Crippen LogP contribution in [0.25, 0.3) is 22.2 Å². The minimum absolute atomic E-state index is 0.0291. The summed E-state index contributed by atoms with van der Waals surface area (Å²) in [5.74, 6) is -0.192. The standard InChI is InChI=1S/C23H24N2O3S/c1-15-8-9-17(16(2)12-15)21-13-19(18-6-4-5-7-20(18)24-21)22(26)25-23(3)10-11-29(27,28)14-23/h4-9,12-13H,10-11,14H2,1-3H3,(H,25,26). The predicted octanol–water partition coefficient (Wildman–Crippen LogP) is 3.83. The Labute approximate surface area is 171 Å². The molecule has 150 valence electrons. The monoisotopic (exact) mass is 408 g/mol. The number of amides is 1. The van der Waals surface area contributed by atoms with Gasteiger partial charge in [0, 0.05) is 10.9 Å². The van der Waals surface area contributed by atoms with Crippen molar-refractivity contribution in [3.8, 4) is 11.3 Å². The zero-order valence-electron chi connectivity index (χ0n) is 16.8. The van der Waals surface area contributed by atoms with Crippen molar-refractivity contribution in [2.75, 3.05) is 11.5 Å². The van der Waals surface area contributed by atoms with Crippen LogP contribution < -0.4 is 5.32 Å². The number of para-hydroxylation sites is 1. The Morgan fingerprint density at radius 2 is 1.86 bits per heavy atom. The van der Waals surface area contributed by atoms with Crippen molar-refractivity contribution in [3.63, 3.8) is 0 Å². The lowest BCUT2D eigenvalue weighted by molar-refractivity contribution is 0.0917. The number of carbonyl (C=O) groups excluding carboxylic acids is 1. The third-order valence-electron chi connectivity index (χ3n) is 5.54. The number of rotatable bonds is 3. The number of aryl methyl sites for hydroxylation is 2. The van der Waals surface area contributed by atoms with Crippen LogP contribution in [-0.4, -0.2) is 36.4 Å². The van der Waals surface area contributed by atoms with Gasteiger partial charge < -0.3 is 5.32 Å². The third-order valence-corrected chi connectivity index (χ3v) is 7.44. The largest absolute Gasteiger partial charge is 0.346 e. The summed E-state index contributed by atoms with van der Waals surface area (Å²) < 4.78 is 23.8. The first-order valence-electron chi connectivity index (χ1n) is 9.66. The summed E-state index contributed by atoms with van der Waals surface area (Å²) in [6, 6.07) is 15.5. The normalized spacial score (nSPS) is 20.7. The quantitative estimate of drug-likeness (QED) is 0.715. The molecule has 0 spiro atoms. The number of aromatic nitrogens is 1. The molecule has 0 bridgehead atoms. The molecule has 2 heterocycles. The van der Waals surface area contributed by atoms with Crippen molar-refractivity contribution >= 4 is 26.6 Å². The summed E-state index contributed by atoms with van der Waals surface area (Å²) in [5, 5.41) is 3.73. The molecule has 2 aromatic carbocycles. The van der Waals surface area contributed by atoms with Gasteiger partial charge >= 0.3 is 0 Å². The van der Waals surface area contributed by atoms with Gasteiger partial charge in [-0.2, -0.15) is 0 Å². The number of nitrogens with zero attached hydrogens (tertiary/aromatic N) is 1. The van der Waals surface area contributed by atoms with Gasteiger partial charge in [-0.3, -0.25) is 4.79 Å². The van der Waals surface area contributed by atoms with Crippen molar-refractivity contribution in [1.82, 2.24) is 10.3 Å². The van der Waals surface area contributed by atoms with Crippen molar-refractivity contribution < 1.29 is 13.2 Å². The first-order valence-corrected chi connectivity index (χ1v) is 11.5. The molecule has 6 heteroatoms. The van der Waals surface area contributed by atoms with Crippen molar-refractivity contribution in [2.45, 2.75) is 32.7 Å². The average Bonchev–Trinajstić information content (AvgIpc) is 2.93. The SMILES string of the molecule is Cc1ccc(-c2cc(C(=O)NC3(C)CCS(=O)(=O)C3)c3ccccc3n2)c(C)c1. The number of sulfone groups is 1. The van der Waals surface area contributed by atoms with Crippen LogP contribution in [0.4, 0.5) is 0 Å². The van der Waals surface area contributed by atoms with Gasteiger partial charge in [-0.15, -0.1) is 0 Å². The zero-order valence-corrected chi connectivity index (χ0v) is 17.6. The second-order valence-corrected chi connectivity index (χ2v) is 10.4. The lowest BCUT2D eigenvalue weighted by atomic mass is 9.97. The number of pyridine rings is 1. The van der Waals surface area contributed by atoms with E-state index < -0.39 is 15.4 Å².